The zero-order chi connectivity index (χ0) is 15.1. The van der Waals surface area contributed by atoms with Gasteiger partial charge in [0.15, 0.2) is 0 Å². The zero-order valence-corrected chi connectivity index (χ0v) is 12.1. The third kappa shape index (κ3) is 4.86. The highest BCUT2D eigenvalue weighted by atomic mass is 32.2. The number of carbonyl (C=O) groups excluding carboxylic acids is 1. The molecule has 21 heavy (non-hydrogen) atoms. The Morgan fingerprint density at radius 1 is 1.14 bits per heavy atom. The molecule has 1 amide bonds. The first kappa shape index (κ1) is 14.9. The number of anilines is 1. The maximum absolute atomic E-state index is 11.8. The molecular weight excluding hydrogens is 284 g/mol. The minimum atomic E-state index is -0.0839. The van der Waals surface area contributed by atoms with E-state index in [9.17, 15) is 4.79 Å². The fourth-order valence-electron chi connectivity index (χ4n) is 1.68. The second-order valence-corrected chi connectivity index (χ2v) is 5.38. The topological polar surface area (TPSA) is 73.1 Å². The molecule has 0 heterocycles. The average Bonchev–Trinajstić information content (AvgIpc) is 2.50. The first-order valence-corrected chi connectivity index (χ1v) is 7.48. The van der Waals surface area contributed by atoms with Gasteiger partial charge in [0.1, 0.15) is 5.75 Å². The number of hydrogen-bond acceptors (Lipinski definition) is 4. The van der Waals surface area contributed by atoms with E-state index in [-0.39, 0.29) is 11.7 Å². The van der Waals surface area contributed by atoms with Crippen LogP contribution in [-0.4, -0.2) is 16.8 Å². The Labute approximate surface area is 127 Å². The van der Waals surface area contributed by atoms with Crippen LogP contribution < -0.4 is 5.32 Å². The molecule has 0 fully saturated rings. The molecule has 2 aromatic carbocycles. The summed E-state index contributed by atoms with van der Waals surface area (Å²) in [6, 6.07) is 15.8. The van der Waals surface area contributed by atoms with Crippen LogP contribution in [0.2, 0.25) is 0 Å². The number of hydrogen-bond donors (Lipinski definition) is 2. The van der Waals surface area contributed by atoms with E-state index in [1.165, 1.54) is 23.9 Å². The molecule has 106 valence electrons. The maximum atomic E-state index is 11.8. The Morgan fingerprint density at radius 3 is 2.43 bits per heavy atom. The zero-order valence-electron chi connectivity index (χ0n) is 11.2. The van der Waals surface area contributed by atoms with Crippen molar-refractivity contribution in [3.05, 3.63) is 59.7 Å². The van der Waals surface area contributed by atoms with Crippen LogP contribution in [0.4, 0.5) is 5.69 Å². The minimum Gasteiger partial charge on any atom is -0.508 e. The molecule has 0 saturated heterocycles. The van der Waals surface area contributed by atoms with Crippen LogP contribution in [0.15, 0.2) is 48.5 Å². The molecule has 0 aliphatic rings. The quantitative estimate of drug-likeness (QED) is 0.832. The van der Waals surface area contributed by atoms with Gasteiger partial charge >= 0.3 is 0 Å². The molecule has 0 spiro atoms. The van der Waals surface area contributed by atoms with E-state index in [0.29, 0.717) is 22.8 Å². The predicted octanol–water partition coefficient (Wildman–Crippen LogP) is 3.14. The van der Waals surface area contributed by atoms with Gasteiger partial charge in [-0.05, 0) is 42.0 Å². The van der Waals surface area contributed by atoms with Crippen molar-refractivity contribution in [1.82, 2.24) is 0 Å². The molecule has 0 atom stereocenters. The van der Waals surface area contributed by atoms with Crippen LogP contribution in [0.5, 0.6) is 5.75 Å². The summed E-state index contributed by atoms with van der Waals surface area (Å²) < 4.78 is 0. The number of carbonyl (C=O) groups is 1. The number of nitrogens with one attached hydrogen (secondary N) is 1. The number of nitriles is 1. The van der Waals surface area contributed by atoms with E-state index in [2.05, 4.69) is 11.4 Å². The summed E-state index contributed by atoms with van der Waals surface area (Å²) in [6.45, 7) is 0. The lowest BCUT2D eigenvalue weighted by Crippen LogP contribution is -2.13. The van der Waals surface area contributed by atoms with Crippen LogP contribution in [0.1, 0.15) is 11.1 Å². The van der Waals surface area contributed by atoms with Crippen molar-refractivity contribution in [2.75, 3.05) is 11.1 Å². The van der Waals surface area contributed by atoms with E-state index in [0.717, 1.165) is 5.56 Å². The highest BCUT2D eigenvalue weighted by Crippen LogP contribution is 2.16. The summed E-state index contributed by atoms with van der Waals surface area (Å²) in [6.07, 6.45) is 0. The Bertz CT molecular complexity index is 645. The Morgan fingerprint density at radius 2 is 1.81 bits per heavy atom. The van der Waals surface area contributed by atoms with Crippen molar-refractivity contribution in [3.8, 4) is 11.8 Å². The van der Waals surface area contributed by atoms with E-state index < -0.39 is 0 Å². The number of phenols is 1. The van der Waals surface area contributed by atoms with Gasteiger partial charge in [0.2, 0.25) is 5.91 Å². The van der Waals surface area contributed by atoms with E-state index in [1.807, 2.05) is 12.1 Å². The smallest absolute Gasteiger partial charge is 0.234 e. The number of benzene rings is 2. The Balaban J connectivity index is 1.76. The molecule has 0 aliphatic heterocycles. The van der Waals surface area contributed by atoms with Crippen molar-refractivity contribution in [2.24, 2.45) is 0 Å². The number of rotatable bonds is 5. The van der Waals surface area contributed by atoms with Crippen molar-refractivity contribution in [2.45, 2.75) is 5.75 Å². The van der Waals surface area contributed by atoms with Crippen molar-refractivity contribution in [1.29, 1.82) is 5.26 Å². The van der Waals surface area contributed by atoms with Crippen molar-refractivity contribution in [3.63, 3.8) is 0 Å². The summed E-state index contributed by atoms with van der Waals surface area (Å²) in [5, 5.41) is 20.6. The monoisotopic (exact) mass is 298 g/mol. The highest BCUT2D eigenvalue weighted by Gasteiger charge is 2.03. The minimum absolute atomic E-state index is 0.0839. The van der Waals surface area contributed by atoms with E-state index in [1.54, 1.807) is 24.3 Å². The van der Waals surface area contributed by atoms with Gasteiger partial charge in [-0.2, -0.15) is 5.26 Å². The standard InChI is InChI=1S/C16H14N2O2S/c17-9-12-1-3-13(4-2-12)10-21-11-16(20)18-14-5-7-15(19)8-6-14/h1-8,19H,10-11H2,(H,18,20). The Hall–Kier alpha value is -2.45. The highest BCUT2D eigenvalue weighted by molar-refractivity contribution is 7.99. The molecule has 2 aromatic rings. The van der Waals surface area contributed by atoms with Crippen LogP contribution in [0.3, 0.4) is 0 Å². The van der Waals surface area contributed by atoms with Crippen LogP contribution in [0.25, 0.3) is 0 Å². The van der Waals surface area contributed by atoms with Crippen molar-refractivity contribution >= 4 is 23.4 Å². The third-order valence-electron chi connectivity index (χ3n) is 2.74. The molecule has 0 saturated carbocycles. The number of amides is 1. The SMILES string of the molecule is N#Cc1ccc(CSCC(=O)Nc2ccc(O)cc2)cc1. The van der Waals surface area contributed by atoms with Crippen molar-refractivity contribution < 1.29 is 9.90 Å². The van der Waals surface area contributed by atoms with Crippen LogP contribution in [-0.2, 0) is 10.5 Å². The second-order valence-electron chi connectivity index (χ2n) is 4.40. The van der Waals surface area contributed by atoms with Gasteiger partial charge < -0.3 is 10.4 Å². The van der Waals surface area contributed by atoms with Gasteiger partial charge in [0.25, 0.3) is 0 Å². The summed E-state index contributed by atoms with van der Waals surface area (Å²) >= 11 is 1.51. The number of aromatic hydroxyl groups is 1. The molecular formula is C16H14N2O2S. The maximum Gasteiger partial charge on any atom is 0.234 e. The van der Waals surface area contributed by atoms with Gasteiger partial charge in [-0.25, -0.2) is 0 Å². The van der Waals surface area contributed by atoms with Gasteiger partial charge in [0.05, 0.1) is 17.4 Å². The average molecular weight is 298 g/mol. The van der Waals surface area contributed by atoms with Gasteiger partial charge in [-0.15, -0.1) is 11.8 Å². The molecule has 0 aliphatic carbocycles. The summed E-state index contributed by atoms with van der Waals surface area (Å²) in [4.78, 5) is 11.8. The molecule has 0 unspecified atom stereocenters. The molecule has 0 bridgehead atoms. The largest absolute Gasteiger partial charge is 0.508 e. The molecule has 4 nitrogen and oxygen atoms in total. The first-order chi connectivity index (χ1) is 10.2. The fourth-order valence-corrected chi connectivity index (χ4v) is 2.47. The number of thioether (sulfide) groups is 1. The molecule has 0 radical (unpaired) electrons. The summed E-state index contributed by atoms with van der Waals surface area (Å²) in [5.74, 6) is 1.15. The number of nitrogens with zero attached hydrogens (tertiary/aromatic N) is 1. The normalized spacial score (nSPS) is 9.86. The van der Waals surface area contributed by atoms with Gasteiger partial charge in [0, 0.05) is 11.4 Å². The Kier molecular flexibility index (Phi) is 5.24. The fraction of sp³-hybridized carbons (Fsp3) is 0.125. The van der Waals surface area contributed by atoms with Gasteiger partial charge in [-0.3, -0.25) is 4.79 Å². The van der Waals surface area contributed by atoms with Crippen LogP contribution in [0, 0.1) is 11.3 Å². The summed E-state index contributed by atoms with van der Waals surface area (Å²) in [7, 11) is 0. The lowest BCUT2D eigenvalue weighted by molar-refractivity contribution is -0.113. The first-order valence-electron chi connectivity index (χ1n) is 6.33. The lowest BCUT2D eigenvalue weighted by Gasteiger charge is -2.05. The predicted molar refractivity (Wildman–Crippen MR) is 84.1 cm³/mol. The van der Waals surface area contributed by atoms with E-state index >= 15 is 0 Å². The van der Waals surface area contributed by atoms with E-state index in [4.69, 9.17) is 10.4 Å². The van der Waals surface area contributed by atoms with Crippen LogP contribution >= 0.6 is 11.8 Å². The summed E-state index contributed by atoms with van der Waals surface area (Å²) in [5.41, 5.74) is 2.38. The molecule has 2 rings (SSSR count). The lowest BCUT2D eigenvalue weighted by atomic mass is 10.2. The molecule has 0 aromatic heterocycles. The second kappa shape index (κ2) is 7.36. The molecule has 5 heteroatoms. The molecule has 2 N–H and O–H groups in total. The van der Waals surface area contributed by atoms with Gasteiger partial charge in [-0.1, -0.05) is 12.1 Å². The third-order valence-corrected chi connectivity index (χ3v) is 3.74. The number of phenolic OH excluding ortho intramolecular Hbond substituents is 1.